The Morgan fingerprint density at radius 3 is 2.56 bits per heavy atom. The summed E-state index contributed by atoms with van der Waals surface area (Å²) >= 11 is 5.74. The van der Waals surface area contributed by atoms with Crippen LogP contribution in [0.2, 0.25) is 5.02 Å². The topological polar surface area (TPSA) is 59.4 Å². The van der Waals surface area contributed by atoms with Crippen molar-refractivity contribution in [3.63, 3.8) is 0 Å². The van der Waals surface area contributed by atoms with Gasteiger partial charge in [0, 0.05) is 0 Å². The van der Waals surface area contributed by atoms with Gasteiger partial charge in [-0.15, -0.1) is 0 Å². The molecule has 92 valence electrons. The van der Waals surface area contributed by atoms with Crippen molar-refractivity contribution in [2.24, 2.45) is 0 Å². The van der Waals surface area contributed by atoms with E-state index >= 15 is 0 Å². The molecule has 0 radical (unpaired) electrons. The first-order valence-corrected chi connectivity index (χ1v) is 5.26. The normalized spacial score (nSPS) is 10.1. The van der Waals surface area contributed by atoms with Gasteiger partial charge in [0.2, 0.25) is 5.88 Å². The van der Waals surface area contributed by atoms with Crippen LogP contribution in [0.25, 0.3) is 0 Å². The first-order valence-electron chi connectivity index (χ1n) is 4.88. The molecule has 6 heteroatoms. The lowest BCUT2D eigenvalue weighted by Gasteiger charge is -2.06. The van der Waals surface area contributed by atoms with E-state index < -0.39 is 11.8 Å². The molecule has 0 spiro atoms. The van der Waals surface area contributed by atoms with Gasteiger partial charge in [0.25, 0.3) is 0 Å². The van der Waals surface area contributed by atoms with Crippen LogP contribution in [-0.4, -0.2) is 16.1 Å². The van der Waals surface area contributed by atoms with Crippen molar-refractivity contribution in [3.05, 3.63) is 52.9 Å². The van der Waals surface area contributed by atoms with Gasteiger partial charge in [-0.2, -0.15) is 0 Å². The van der Waals surface area contributed by atoms with E-state index in [-0.39, 0.29) is 16.5 Å². The van der Waals surface area contributed by atoms with Gasteiger partial charge in [-0.3, -0.25) is 0 Å². The Morgan fingerprint density at radius 1 is 1.33 bits per heavy atom. The smallest absolute Gasteiger partial charge is 0.335 e. The Kier molecular flexibility index (Phi) is 3.43. The summed E-state index contributed by atoms with van der Waals surface area (Å²) in [5.74, 6) is -1.17. The van der Waals surface area contributed by atoms with Crippen molar-refractivity contribution >= 4 is 17.6 Å². The number of pyridine rings is 1. The standard InChI is InChI=1S/C12H7ClFNO3/c13-10-5-8(14)6-15-11(10)18-9-3-1-7(2-4-9)12(16)17/h1-6H,(H,16,17). The first-order chi connectivity index (χ1) is 8.56. The van der Waals surface area contributed by atoms with Crippen LogP contribution in [0, 0.1) is 5.82 Å². The van der Waals surface area contributed by atoms with Crippen molar-refractivity contribution in [3.8, 4) is 11.6 Å². The molecule has 4 nitrogen and oxygen atoms in total. The number of carboxylic acid groups (broad SMARTS) is 1. The van der Waals surface area contributed by atoms with Crippen LogP contribution >= 0.6 is 11.6 Å². The third kappa shape index (κ3) is 2.75. The fourth-order valence-electron chi connectivity index (χ4n) is 1.25. The second kappa shape index (κ2) is 5.01. The molecule has 0 unspecified atom stereocenters. The summed E-state index contributed by atoms with van der Waals surface area (Å²) in [6, 6.07) is 6.77. The van der Waals surface area contributed by atoms with E-state index in [0.717, 1.165) is 12.3 Å². The van der Waals surface area contributed by atoms with Gasteiger partial charge < -0.3 is 9.84 Å². The van der Waals surface area contributed by atoms with Gasteiger partial charge in [0.05, 0.1) is 11.8 Å². The molecule has 0 saturated carbocycles. The lowest BCUT2D eigenvalue weighted by atomic mass is 10.2. The number of aromatic nitrogens is 1. The fourth-order valence-corrected chi connectivity index (χ4v) is 1.45. The Labute approximate surface area is 107 Å². The van der Waals surface area contributed by atoms with E-state index in [1.807, 2.05) is 0 Å². The maximum atomic E-state index is 12.8. The molecule has 0 aliphatic heterocycles. The van der Waals surface area contributed by atoms with Gasteiger partial charge in [0.1, 0.15) is 16.6 Å². The van der Waals surface area contributed by atoms with Crippen molar-refractivity contribution in [2.75, 3.05) is 0 Å². The van der Waals surface area contributed by atoms with Gasteiger partial charge in [0.15, 0.2) is 0 Å². The number of aromatic carboxylic acids is 1. The van der Waals surface area contributed by atoms with E-state index in [1.165, 1.54) is 24.3 Å². The van der Waals surface area contributed by atoms with Gasteiger partial charge in [-0.1, -0.05) is 11.6 Å². The molecule has 0 amide bonds. The molecule has 1 N–H and O–H groups in total. The molecule has 2 rings (SSSR count). The number of carbonyl (C=O) groups is 1. The number of nitrogens with zero attached hydrogens (tertiary/aromatic N) is 1. The molecule has 1 aromatic heterocycles. The zero-order valence-electron chi connectivity index (χ0n) is 8.93. The Bertz CT molecular complexity index is 586. The molecule has 0 bridgehead atoms. The number of hydrogen-bond donors (Lipinski definition) is 1. The van der Waals surface area contributed by atoms with E-state index in [2.05, 4.69) is 4.98 Å². The molecule has 0 fully saturated rings. The summed E-state index contributed by atoms with van der Waals surface area (Å²) in [5, 5.41) is 8.76. The average Bonchev–Trinajstić information content (AvgIpc) is 2.33. The predicted molar refractivity (Wildman–Crippen MR) is 62.7 cm³/mol. The summed E-state index contributed by atoms with van der Waals surface area (Å²) in [4.78, 5) is 14.3. The van der Waals surface area contributed by atoms with Crippen molar-refractivity contribution < 1.29 is 19.0 Å². The van der Waals surface area contributed by atoms with Crippen molar-refractivity contribution in [1.82, 2.24) is 4.98 Å². The highest BCUT2D eigenvalue weighted by molar-refractivity contribution is 6.31. The predicted octanol–water partition coefficient (Wildman–Crippen LogP) is 3.36. The van der Waals surface area contributed by atoms with E-state index in [9.17, 15) is 9.18 Å². The summed E-state index contributed by atoms with van der Waals surface area (Å²) in [7, 11) is 0. The van der Waals surface area contributed by atoms with E-state index in [1.54, 1.807) is 0 Å². The third-order valence-electron chi connectivity index (χ3n) is 2.09. The second-order valence-corrected chi connectivity index (χ2v) is 3.78. The number of carboxylic acids is 1. The summed E-state index contributed by atoms with van der Waals surface area (Å²) in [5.41, 5.74) is 0.139. The summed E-state index contributed by atoms with van der Waals surface area (Å²) in [6.45, 7) is 0. The molecular weight excluding hydrogens is 261 g/mol. The Morgan fingerprint density at radius 2 is 2.00 bits per heavy atom. The number of benzene rings is 1. The first kappa shape index (κ1) is 12.3. The van der Waals surface area contributed by atoms with Crippen LogP contribution in [0.4, 0.5) is 4.39 Å². The van der Waals surface area contributed by atoms with Crippen LogP contribution in [0.5, 0.6) is 11.6 Å². The average molecular weight is 268 g/mol. The van der Waals surface area contributed by atoms with Crippen LogP contribution in [-0.2, 0) is 0 Å². The molecule has 18 heavy (non-hydrogen) atoms. The molecule has 0 atom stereocenters. The monoisotopic (exact) mass is 267 g/mol. The van der Waals surface area contributed by atoms with E-state index in [0.29, 0.717) is 5.75 Å². The molecular formula is C12H7ClFNO3. The third-order valence-corrected chi connectivity index (χ3v) is 2.36. The fraction of sp³-hybridized carbons (Fsp3) is 0. The number of ether oxygens (including phenoxy) is 1. The Balaban J connectivity index is 2.21. The zero-order valence-corrected chi connectivity index (χ0v) is 9.69. The minimum atomic E-state index is -1.03. The zero-order chi connectivity index (χ0) is 13.1. The highest BCUT2D eigenvalue weighted by Gasteiger charge is 2.07. The maximum Gasteiger partial charge on any atom is 0.335 e. The van der Waals surface area contributed by atoms with E-state index in [4.69, 9.17) is 21.4 Å². The van der Waals surface area contributed by atoms with Crippen molar-refractivity contribution in [1.29, 1.82) is 0 Å². The molecule has 1 aromatic carbocycles. The van der Waals surface area contributed by atoms with Crippen LogP contribution < -0.4 is 4.74 Å². The number of hydrogen-bond acceptors (Lipinski definition) is 3. The van der Waals surface area contributed by atoms with Crippen LogP contribution in [0.3, 0.4) is 0 Å². The highest BCUT2D eigenvalue weighted by Crippen LogP contribution is 2.27. The lowest BCUT2D eigenvalue weighted by Crippen LogP contribution is -1.96. The Hall–Kier alpha value is -2.14. The summed E-state index contributed by atoms with van der Waals surface area (Å²) in [6.07, 6.45) is 0.979. The molecule has 1 heterocycles. The van der Waals surface area contributed by atoms with Gasteiger partial charge in [-0.05, 0) is 30.3 Å². The maximum absolute atomic E-state index is 12.8. The lowest BCUT2D eigenvalue weighted by molar-refractivity contribution is 0.0697. The van der Waals surface area contributed by atoms with Crippen LogP contribution in [0.15, 0.2) is 36.5 Å². The number of rotatable bonds is 3. The summed E-state index contributed by atoms with van der Waals surface area (Å²) < 4.78 is 18.1. The van der Waals surface area contributed by atoms with Gasteiger partial charge >= 0.3 is 5.97 Å². The largest absolute Gasteiger partial charge is 0.478 e. The minimum absolute atomic E-state index is 0.0392. The molecule has 0 saturated heterocycles. The van der Waals surface area contributed by atoms with Crippen molar-refractivity contribution in [2.45, 2.75) is 0 Å². The molecule has 2 aromatic rings. The second-order valence-electron chi connectivity index (χ2n) is 3.37. The highest BCUT2D eigenvalue weighted by atomic mass is 35.5. The van der Waals surface area contributed by atoms with Crippen LogP contribution in [0.1, 0.15) is 10.4 Å². The number of halogens is 2. The molecule has 0 aliphatic carbocycles. The SMILES string of the molecule is O=C(O)c1ccc(Oc2ncc(F)cc2Cl)cc1. The van der Waals surface area contributed by atoms with Gasteiger partial charge in [-0.25, -0.2) is 14.2 Å². The quantitative estimate of drug-likeness (QED) is 0.926. The minimum Gasteiger partial charge on any atom is -0.478 e. The molecule has 0 aliphatic rings.